The van der Waals surface area contributed by atoms with E-state index < -0.39 is 6.10 Å². The van der Waals surface area contributed by atoms with Crippen LogP contribution in [0.2, 0.25) is 0 Å². The van der Waals surface area contributed by atoms with Gasteiger partial charge in [0.25, 0.3) is 0 Å². The van der Waals surface area contributed by atoms with E-state index in [9.17, 15) is 5.11 Å². The van der Waals surface area contributed by atoms with Crippen molar-refractivity contribution in [2.24, 2.45) is 5.92 Å². The molecule has 1 aromatic carbocycles. The number of hydrogen-bond acceptors (Lipinski definition) is 2. The maximum Gasteiger partial charge on any atom is 0.0796 e. The monoisotopic (exact) mass is 192 g/mol. The Hall–Kier alpha value is -0.860. The third-order valence-corrected chi connectivity index (χ3v) is 2.98. The second-order valence-corrected chi connectivity index (χ2v) is 4.21. The zero-order chi connectivity index (χ0) is 10.1. The molecule has 0 aromatic heterocycles. The van der Waals surface area contributed by atoms with Crippen LogP contribution in [0.5, 0.6) is 0 Å². The number of aliphatic hydroxyl groups excluding tert-OH is 2. The van der Waals surface area contributed by atoms with Crippen LogP contribution < -0.4 is 0 Å². The van der Waals surface area contributed by atoms with Crippen LogP contribution in [0.1, 0.15) is 29.2 Å². The molecule has 2 rings (SSSR count). The van der Waals surface area contributed by atoms with Crippen LogP contribution in [0.15, 0.2) is 18.2 Å². The summed E-state index contributed by atoms with van der Waals surface area (Å²) in [7, 11) is 0. The summed E-state index contributed by atoms with van der Waals surface area (Å²) in [6, 6.07) is 6.18. The second kappa shape index (κ2) is 3.71. The van der Waals surface area contributed by atoms with Crippen LogP contribution in [-0.2, 0) is 6.42 Å². The van der Waals surface area contributed by atoms with Gasteiger partial charge in [-0.05, 0) is 36.8 Å². The van der Waals surface area contributed by atoms with Crippen molar-refractivity contribution in [3.8, 4) is 0 Å². The lowest BCUT2D eigenvalue weighted by Gasteiger charge is -2.27. The van der Waals surface area contributed by atoms with E-state index in [4.69, 9.17) is 5.11 Å². The third kappa shape index (κ3) is 1.68. The lowest BCUT2D eigenvalue weighted by Crippen LogP contribution is -2.21. The quantitative estimate of drug-likeness (QED) is 0.709. The van der Waals surface area contributed by atoms with Gasteiger partial charge in [0, 0.05) is 6.61 Å². The Balaban J connectivity index is 2.35. The first-order valence-corrected chi connectivity index (χ1v) is 5.09. The molecule has 2 N–H and O–H groups in total. The van der Waals surface area contributed by atoms with Gasteiger partial charge in [0.1, 0.15) is 0 Å². The van der Waals surface area contributed by atoms with Gasteiger partial charge in [0.05, 0.1) is 6.10 Å². The van der Waals surface area contributed by atoms with Gasteiger partial charge < -0.3 is 10.2 Å². The van der Waals surface area contributed by atoms with Crippen LogP contribution in [0.25, 0.3) is 0 Å². The maximum atomic E-state index is 9.88. The predicted molar refractivity (Wildman–Crippen MR) is 55.0 cm³/mol. The molecule has 1 aliphatic rings. The molecule has 2 atom stereocenters. The highest BCUT2D eigenvalue weighted by Crippen LogP contribution is 2.33. The third-order valence-electron chi connectivity index (χ3n) is 2.98. The molecule has 0 saturated carbocycles. The Labute approximate surface area is 84.2 Å². The van der Waals surface area contributed by atoms with E-state index in [1.165, 1.54) is 11.1 Å². The fourth-order valence-corrected chi connectivity index (χ4v) is 2.19. The van der Waals surface area contributed by atoms with Crippen LogP contribution in [0.3, 0.4) is 0 Å². The van der Waals surface area contributed by atoms with E-state index in [0.29, 0.717) is 6.42 Å². The van der Waals surface area contributed by atoms with Crippen LogP contribution >= 0.6 is 0 Å². The van der Waals surface area contributed by atoms with Crippen molar-refractivity contribution in [3.63, 3.8) is 0 Å². The molecule has 0 amide bonds. The summed E-state index contributed by atoms with van der Waals surface area (Å²) < 4.78 is 0. The molecule has 76 valence electrons. The summed E-state index contributed by atoms with van der Waals surface area (Å²) in [5, 5.41) is 19.0. The van der Waals surface area contributed by atoms with Crippen molar-refractivity contribution in [2.75, 3.05) is 6.61 Å². The smallest absolute Gasteiger partial charge is 0.0796 e. The average Bonchev–Trinajstić information content (AvgIpc) is 2.19. The minimum Gasteiger partial charge on any atom is -0.396 e. The molecule has 0 spiro atoms. The van der Waals surface area contributed by atoms with Crippen LogP contribution in [0, 0.1) is 12.8 Å². The fraction of sp³-hybridized carbons (Fsp3) is 0.500. The SMILES string of the molecule is Cc1ccc2c(c1)C(O)CC(CO)C2. The van der Waals surface area contributed by atoms with Gasteiger partial charge in [0.2, 0.25) is 0 Å². The summed E-state index contributed by atoms with van der Waals surface area (Å²) >= 11 is 0. The maximum absolute atomic E-state index is 9.88. The number of aliphatic hydroxyl groups is 2. The lowest BCUT2D eigenvalue weighted by atomic mass is 9.82. The first kappa shape index (κ1) is 9.69. The summed E-state index contributed by atoms with van der Waals surface area (Å²) in [6.07, 6.45) is 1.19. The van der Waals surface area contributed by atoms with Crippen molar-refractivity contribution in [2.45, 2.75) is 25.9 Å². The first-order valence-electron chi connectivity index (χ1n) is 5.09. The molecular formula is C12H16O2. The van der Waals surface area contributed by atoms with E-state index in [2.05, 4.69) is 12.1 Å². The predicted octanol–water partition coefficient (Wildman–Crippen LogP) is 1.58. The van der Waals surface area contributed by atoms with Gasteiger partial charge in [0.15, 0.2) is 0 Å². The Morgan fingerprint density at radius 1 is 1.43 bits per heavy atom. The van der Waals surface area contributed by atoms with Crippen LogP contribution in [-0.4, -0.2) is 16.8 Å². The molecule has 0 saturated heterocycles. The minimum absolute atomic E-state index is 0.171. The highest BCUT2D eigenvalue weighted by atomic mass is 16.3. The van der Waals surface area contributed by atoms with Gasteiger partial charge in [-0.3, -0.25) is 0 Å². The molecule has 2 heteroatoms. The second-order valence-electron chi connectivity index (χ2n) is 4.21. The highest BCUT2D eigenvalue weighted by molar-refractivity contribution is 5.35. The molecule has 0 fully saturated rings. The van der Waals surface area contributed by atoms with E-state index in [1.54, 1.807) is 0 Å². The van der Waals surface area contributed by atoms with Gasteiger partial charge in [-0.1, -0.05) is 23.8 Å². The van der Waals surface area contributed by atoms with Crippen molar-refractivity contribution in [1.29, 1.82) is 0 Å². The molecule has 14 heavy (non-hydrogen) atoms. The summed E-state index contributed by atoms with van der Waals surface area (Å²) in [6.45, 7) is 2.20. The Morgan fingerprint density at radius 3 is 2.93 bits per heavy atom. The Kier molecular flexibility index (Phi) is 2.57. The standard InChI is InChI=1S/C12H16O2/c1-8-2-3-10-5-9(7-13)6-12(14)11(10)4-8/h2-4,9,12-14H,5-7H2,1H3. The van der Waals surface area contributed by atoms with Crippen molar-refractivity contribution in [1.82, 2.24) is 0 Å². The molecule has 1 aromatic rings. The Morgan fingerprint density at radius 2 is 2.21 bits per heavy atom. The molecule has 0 heterocycles. The van der Waals surface area contributed by atoms with Crippen molar-refractivity contribution in [3.05, 3.63) is 34.9 Å². The topological polar surface area (TPSA) is 40.5 Å². The first-order chi connectivity index (χ1) is 6.70. The molecule has 0 radical (unpaired) electrons. The van der Waals surface area contributed by atoms with Gasteiger partial charge in [-0.15, -0.1) is 0 Å². The minimum atomic E-state index is -0.393. The average molecular weight is 192 g/mol. The summed E-state index contributed by atoms with van der Waals surface area (Å²) in [5.74, 6) is 0.222. The molecule has 2 nitrogen and oxygen atoms in total. The number of aryl methyl sites for hydroxylation is 1. The zero-order valence-electron chi connectivity index (χ0n) is 8.40. The van der Waals surface area contributed by atoms with E-state index >= 15 is 0 Å². The Bertz CT molecular complexity index is 333. The molecule has 2 unspecified atom stereocenters. The fourth-order valence-electron chi connectivity index (χ4n) is 2.19. The molecule has 1 aliphatic carbocycles. The van der Waals surface area contributed by atoms with Gasteiger partial charge >= 0.3 is 0 Å². The number of fused-ring (bicyclic) bond motifs is 1. The number of rotatable bonds is 1. The normalized spacial score (nSPS) is 25.9. The number of hydrogen-bond donors (Lipinski definition) is 2. The van der Waals surface area contributed by atoms with Crippen molar-refractivity contribution < 1.29 is 10.2 Å². The molecular weight excluding hydrogens is 176 g/mol. The lowest BCUT2D eigenvalue weighted by molar-refractivity contribution is 0.104. The number of benzene rings is 1. The molecule has 0 bridgehead atoms. The van der Waals surface area contributed by atoms with Gasteiger partial charge in [-0.2, -0.15) is 0 Å². The highest BCUT2D eigenvalue weighted by Gasteiger charge is 2.24. The van der Waals surface area contributed by atoms with Crippen LogP contribution in [0.4, 0.5) is 0 Å². The van der Waals surface area contributed by atoms with E-state index in [-0.39, 0.29) is 12.5 Å². The summed E-state index contributed by atoms with van der Waals surface area (Å²) in [4.78, 5) is 0. The zero-order valence-corrected chi connectivity index (χ0v) is 8.40. The van der Waals surface area contributed by atoms with Gasteiger partial charge in [-0.25, -0.2) is 0 Å². The largest absolute Gasteiger partial charge is 0.396 e. The van der Waals surface area contributed by atoms with Crippen molar-refractivity contribution >= 4 is 0 Å². The van der Waals surface area contributed by atoms with E-state index in [0.717, 1.165) is 12.0 Å². The van der Waals surface area contributed by atoms with E-state index in [1.807, 2.05) is 13.0 Å². The molecule has 0 aliphatic heterocycles. The summed E-state index contributed by atoms with van der Waals surface area (Å²) in [5.41, 5.74) is 3.42.